The Morgan fingerprint density at radius 3 is 2.48 bits per heavy atom. The lowest BCUT2D eigenvalue weighted by Crippen LogP contribution is -2.20. The monoisotopic (exact) mass is 413 g/mol. The quantitative estimate of drug-likeness (QED) is 0.513. The first-order valence-electron chi connectivity index (χ1n) is 8.86. The molecule has 0 aliphatic carbocycles. The molecule has 0 heterocycles. The number of rotatable bonds is 12. The summed E-state index contributed by atoms with van der Waals surface area (Å²) in [6.45, 7) is 5.06. The largest absolute Gasteiger partial charge is 0.490 e. The Bertz CT molecular complexity index is 692. The van der Waals surface area contributed by atoms with Gasteiger partial charge in [0.05, 0.1) is 26.4 Å². The number of aliphatic hydroxyl groups excluding tert-OH is 1. The van der Waals surface area contributed by atoms with Gasteiger partial charge in [0.1, 0.15) is 6.61 Å². The van der Waals surface area contributed by atoms with Gasteiger partial charge in [0, 0.05) is 28.7 Å². The fourth-order valence-corrected chi connectivity index (χ4v) is 2.92. The van der Waals surface area contributed by atoms with Gasteiger partial charge in [-0.25, -0.2) is 0 Å². The third kappa shape index (κ3) is 7.20. The van der Waals surface area contributed by atoms with Crippen molar-refractivity contribution in [2.24, 2.45) is 0 Å². The molecule has 0 aromatic heterocycles. The van der Waals surface area contributed by atoms with E-state index >= 15 is 0 Å². The van der Waals surface area contributed by atoms with Crippen LogP contribution in [0, 0.1) is 0 Å². The summed E-state index contributed by atoms with van der Waals surface area (Å²) in [7, 11) is 0. The minimum Gasteiger partial charge on any atom is -0.490 e. The van der Waals surface area contributed by atoms with Gasteiger partial charge in [0.2, 0.25) is 0 Å². The third-order valence-electron chi connectivity index (χ3n) is 3.73. The smallest absolute Gasteiger partial charge is 0.161 e. The van der Waals surface area contributed by atoms with E-state index in [0.717, 1.165) is 11.1 Å². The topological polar surface area (TPSA) is 60.0 Å². The Morgan fingerprint density at radius 2 is 1.78 bits per heavy atom. The molecule has 0 radical (unpaired) electrons. The standard InChI is InChI=1S/C20H25Cl2NO4/c1-2-26-20-12-15(13-23-8-10-25-11-9-24)6-7-19(20)27-14-16-17(21)4-3-5-18(16)22/h3-7,12,23-24H,2,8-11,13-14H2,1H3. The molecule has 0 amide bonds. The zero-order chi connectivity index (χ0) is 19.5. The van der Waals surface area contributed by atoms with Gasteiger partial charge in [-0.15, -0.1) is 0 Å². The molecular formula is C20H25Cl2NO4. The predicted molar refractivity (Wildman–Crippen MR) is 108 cm³/mol. The molecule has 2 N–H and O–H groups in total. The molecule has 0 fully saturated rings. The van der Waals surface area contributed by atoms with E-state index in [1.54, 1.807) is 18.2 Å². The summed E-state index contributed by atoms with van der Waals surface area (Å²) < 4.78 is 16.8. The summed E-state index contributed by atoms with van der Waals surface area (Å²) in [5, 5.41) is 13.1. The highest BCUT2D eigenvalue weighted by Crippen LogP contribution is 2.31. The Balaban J connectivity index is 1.96. The molecule has 27 heavy (non-hydrogen) atoms. The summed E-state index contributed by atoms with van der Waals surface area (Å²) in [6.07, 6.45) is 0. The predicted octanol–water partition coefficient (Wildman–Crippen LogP) is 4.07. The molecular weight excluding hydrogens is 389 g/mol. The maximum atomic E-state index is 8.67. The fraction of sp³-hybridized carbons (Fsp3) is 0.400. The SMILES string of the molecule is CCOc1cc(CNCCOCCO)ccc1OCc1c(Cl)cccc1Cl. The first-order valence-corrected chi connectivity index (χ1v) is 9.62. The van der Waals surface area contributed by atoms with Crippen molar-refractivity contribution in [2.45, 2.75) is 20.1 Å². The van der Waals surface area contributed by atoms with Gasteiger partial charge >= 0.3 is 0 Å². The molecule has 0 spiro atoms. The van der Waals surface area contributed by atoms with Crippen LogP contribution in [0.5, 0.6) is 11.5 Å². The summed E-state index contributed by atoms with van der Waals surface area (Å²) in [6, 6.07) is 11.2. The first kappa shape index (κ1) is 21.8. The van der Waals surface area contributed by atoms with Crippen LogP contribution in [0.3, 0.4) is 0 Å². The van der Waals surface area contributed by atoms with Gasteiger partial charge in [0.25, 0.3) is 0 Å². The Morgan fingerprint density at radius 1 is 1.00 bits per heavy atom. The minimum atomic E-state index is 0.0403. The number of hydrogen-bond acceptors (Lipinski definition) is 5. The van der Waals surface area contributed by atoms with E-state index in [1.165, 1.54) is 0 Å². The normalized spacial score (nSPS) is 10.8. The molecule has 0 saturated carbocycles. The zero-order valence-electron chi connectivity index (χ0n) is 15.3. The third-order valence-corrected chi connectivity index (χ3v) is 4.44. The van der Waals surface area contributed by atoms with Crippen LogP contribution in [0.1, 0.15) is 18.1 Å². The summed E-state index contributed by atoms with van der Waals surface area (Å²) in [4.78, 5) is 0. The second-order valence-electron chi connectivity index (χ2n) is 5.72. The molecule has 2 rings (SSSR count). The van der Waals surface area contributed by atoms with Gasteiger partial charge in [0.15, 0.2) is 11.5 Å². The molecule has 0 aliphatic rings. The lowest BCUT2D eigenvalue weighted by atomic mass is 10.2. The van der Waals surface area contributed by atoms with Crippen molar-refractivity contribution in [3.63, 3.8) is 0 Å². The van der Waals surface area contributed by atoms with Crippen LogP contribution in [-0.2, 0) is 17.9 Å². The van der Waals surface area contributed by atoms with Crippen LogP contribution >= 0.6 is 23.2 Å². The second kappa shape index (κ2) is 12.1. The molecule has 0 atom stereocenters. The summed E-state index contributed by atoms with van der Waals surface area (Å²) >= 11 is 12.4. The van der Waals surface area contributed by atoms with Gasteiger partial charge in [-0.05, 0) is 36.8 Å². The number of hydrogen-bond donors (Lipinski definition) is 2. The number of benzene rings is 2. The highest BCUT2D eigenvalue weighted by molar-refractivity contribution is 6.35. The molecule has 0 unspecified atom stereocenters. The molecule has 0 aliphatic heterocycles. The van der Waals surface area contributed by atoms with Crippen molar-refractivity contribution in [1.82, 2.24) is 5.32 Å². The summed E-state index contributed by atoms with van der Waals surface area (Å²) in [5.74, 6) is 1.32. The van der Waals surface area contributed by atoms with Crippen LogP contribution < -0.4 is 14.8 Å². The van der Waals surface area contributed by atoms with Crippen LogP contribution in [0.2, 0.25) is 10.0 Å². The number of ether oxygens (including phenoxy) is 3. The first-order chi connectivity index (χ1) is 13.2. The fourth-order valence-electron chi connectivity index (χ4n) is 2.41. The molecule has 148 valence electrons. The zero-order valence-corrected chi connectivity index (χ0v) is 16.9. The highest BCUT2D eigenvalue weighted by atomic mass is 35.5. The Hall–Kier alpha value is -1.50. The van der Waals surface area contributed by atoms with Gasteiger partial charge in [-0.2, -0.15) is 0 Å². The lowest BCUT2D eigenvalue weighted by molar-refractivity contribution is 0.0938. The maximum absolute atomic E-state index is 8.67. The van der Waals surface area contributed by atoms with E-state index in [9.17, 15) is 0 Å². The van der Waals surface area contributed by atoms with Crippen LogP contribution in [0.4, 0.5) is 0 Å². The molecule has 5 nitrogen and oxygen atoms in total. The van der Waals surface area contributed by atoms with Crippen LogP contribution in [-0.4, -0.2) is 38.1 Å². The van der Waals surface area contributed by atoms with E-state index in [-0.39, 0.29) is 13.2 Å². The maximum Gasteiger partial charge on any atom is 0.161 e. The number of halogens is 2. The average Bonchev–Trinajstić information content (AvgIpc) is 2.66. The Kier molecular flexibility index (Phi) is 9.73. The molecule has 0 saturated heterocycles. The summed E-state index contributed by atoms with van der Waals surface area (Å²) in [5.41, 5.74) is 1.82. The van der Waals surface area contributed by atoms with Gasteiger partial charge < -0.3 is 24.6 Å². The van der Waals surface area contributed by atoms with Crippen LogP contribution in [0.15, 0.2) is 36.4 Å². The number of aliphatic hydroxyl groups is 1. The van der Waals surface area contributed by atoms with E-state index in [1.807, 2.05) is 25.1 Å². The van der Waals surface area contributed by atoms with Gasteiger partial charge in [-0.3, -0.25) is 0 Å². The van der Waals surface area contributed by atoms with Gasteiger partial charge in [-0.1, -0.05) is 35.3 Å². The second-order valence-corrected chi connectivity index (χ2v) is 6.53. The average molecular weight is 414 g/mol. The Labute approximate surface area is 170 Å². The highest BCUT2D eigenvalue weighted by Gasteiger charge is 2.10. The van der Waals surface area contributed by atoms with Crippen molar-refractivity contribution in [3.05, 3.63) is 57.6 Å². The van der Waals surface area contributed by atoms with Crippen molar-refractivity contribution in [3.8, 4) is 11.5 Å². The van der Waals surface area contributed by atoms with Crippen LogP contribution in [0.25, 0.3) is 0 Å². The van der Waals surface area contributed by atoms with E-state index in [4.69, 9.17) is 42.5 Å². The van der Waals surface area contributed by atoms with E-state index in [2.05, 4.69) is 5.32 Å². The molecule has 2 aromatic carbocycles. The van der Waals surface area contributed by atoms with E-state index in [0.29, 0.717) is 54.5 Å². The van der Waals surface area contributed by atoms with Crippen molar-refractivity contribution in [2.75, 3.05) is 33.0 Å². The van der Waals surface area contributed by atoms with Crippen molar-refractivity contribution < 1.29 is 19.3 Å². The molecule has 2 aromatic rings. The van der Waals surface area contributed by atoms with Crippen molar-refractivity contribution >= 4 is 23.2 Å². The molecule has 0 bridgehead atoms. The van der Waals surface area contributed by atoms with Crippen molar-refractivity contribution in [1.29, 1.82) is 0 Å². The minimum absolute atomic E-state index is 0.0403. The molecule has 7 heteroatoms. The number of nitrogens with one attached hydrogen (secondary N) is 1. The van der Waals surface area contributed by atoms with E-state index < -0.39 is 0 Å². The lowest BCUT2D eigenvalue weighted by Gasteiger charge is -2.15.